The van der Waals surface area contributed by atoms with Gasteiger partial charge in [0.1, 0.15) is 12.4 Å². The molecule has 0 aliphatic carbocycles. The number of anilines is 1. The highest BCUT2D eigenvalue weighted by Gasteiger charge is 2.20. The van der Waals surface area contributed by atoms with Crippen LogP contribution in [0.2, 0.25) is 5.02 Å². The van der Waals surface area contributed by atoms with Crippen LogP contribution in [0.25, 0.3) is 0 Å². The predicted molar refractivity (Wildman–Crippen MR) is 95.8 cm³/mol. The van der Waals surface area contributed by atoms with Crippen molar-refractivity contribution in [2.24, 2.45) is 5.10 Å². The number of nitrogens with one attached hydrogen (secondary N) is 1. The smallest absolute Gasteiger partial charge is 0.260 e. The molecule has 0 spiro atoms. The normalized spacial score (nSPS) is 11.5. The Morgan fingerprint density at radius 1 is 1.28 bits per heavy atom. The zero-order valence-electron chi connectivity index (χ0n) is 13.2. The second-order valence-corrected chi connectivity index (χ2v) is 7.44. The van der Waals surface area contributed by atoms with Gasteiger partial charge in [-0.1, -0.05) is 29.8 Å². The Morgan fingerprint density at radius 2 is 1.96 bits per heavy atom. The first-order valence-electron chi connectivity index (χ1n) is 7.06. The fourth-order valence-corrected chi connectivity index (χ4v) is 2.96. The molecule has 2 aromatic carbocycles. The SMILES string of the molecule is CS(=O)(=O)N(CC(=O)N/N=C\c1ccc(F)cc1)c1cccc(Cl)c1. The molecular weight excluding hydrogens is 369 g/mol. The van der Waals surface area contributed by atoms with Crippen molar-refractivity contribution in [3.8, 4) is 0 Å². The average molecular weight is 384 g/mol. The molecule has 6 nitrogen and oxygen atoms in total. The number of halogens is 2. The molecule has 0 aromatic heterocycles. The zero-order valence-corrected chi connectivity index (χ0v) is 14.8. The summed E-state index contributed by atoms with van der Waals surface area (Å²) in [6.07, 6.45) is 2.31. The minimum atomic E-state index is -3.69. The van der Waals surface area contributed by atoms with E-state index in [4.69, 9.17) is 11.6 Å². The van der Waals surface area contributed by atoms with Crippen LogP contribution in [0.3, 0.4) is 0 Å². The highest BCUT2D eigenvalue weighted by molar-refractivity contribution is 7.92. The lowest BCUT2D eigenvalue weighted by atomic mass is 10.2. The molecule has 0 atom stereocenters. The Balaban J connectivity index is 2.06. The summed E-state index contributed by atoms with van der Waals surface area (Å²) in [5.74, 6) is -1.02. The fourth-order valence-electron chi connectivity index (χ4n) is 1.92. The number of sulfonamides is 1. The summed E-state index contributed by atoms with van der Waals surface area (Å²) in [6, 6.07) is 11.6. The van der Waals surface area contributed by atoms with E-state index in [9.17, 15) is 17.6 Å². The van der Waals surface area contributed by atoms with Crippen LogP contribution >= 0.6 is 11.6 Å². The van der Waals surface area contributed by atoms with E-state index in [1.165, 1.54) is 42.6 Å². The molecule has 9 heteroatoms. The van der Waals surface area contributed by atoms with Crippen molar-refractivity contribution in [3.63, 3.8) is 0 Å². The highest BCUT2D eigenvalue weighted by atomic mass is 35.5. The summed E-state index contributed by atoms with van der Waals surface area (Å²) < 4.78 is 37.6. The van der Waals surface area contributed by atoms with E-state index < -0.39 is 22.5 Å². The van der Waals surface area contributed by atoms with E-state index in [0.29, 0.717) is 10.6 Å². The van der Waals surface area contributed by atoms with Crippen LogP contribution in [0.4, 0.5) is 10.1 Å². The van der Waals surface area contributed by atoms with Crippen LogP contribution in [0, 0.1) is 5.82 Å². The van der Waals surface area contributed by atoms with E-state index in [1.54, 1.807) is 12.1 Å². The Kier molecular flexibility index (Phi) is 6.11. The van der Waals surface area contributed by atoms with E-state index in [2.05, 4.69) is 10.5 Å². The van der Waals surface area contributed by atoms with Crippen molar-refractivity contribution in [1.82, 2.24) is 5.43 Å². The van der Waals surface area contributed by atoms with Gasteiger partial charge in [0.2, 0.25) is 10.0 Å². The van der Waals surface area contributed by atoms with Crippen molar-refractivity contribution in [2.45, 2.75) is 0 Å². The van der Waals surface area contributed by atoms with Crippen LogP contribution in [-0.4, -0.2) is 33.3 Å². The molecule has 0 aliphatic rings. The molecule has 1 N–H and O–H groups in total. The molecule has 0 saturated heterocycles. The van der Waals surface area contributed by atoms with Crippen molar-refractivity contribution in [2.75, 3.05) is 17.1 Å². The summed E-state index contributed by atoms with van der Waals surface area (Å²) >= 11 is 5.87. The summed E-state index contributed by atoms with van der Waals surface area (Å²) in [6.45, 7) is -0.458. The number of carbonyl (C=O) groups is 1. The maximum atomic E-state index is 12.8. The summed E-state index contributed by atoms with van der Waals surface area (Å²) in [5.41, 5.74) is 3.08. The van der Waals surface area contributed by atoms with Crippen LogP contribution < -0.4 is 9.73 Å². The standard InChI is InChI=1S/C16H15ClFN3O3S/c1-25(23,24)21(15-4-2-3-13(17)9-15)11-16(22)20-19-10-12-5-7-14(18)8-6-12/h2-10H,11H2,1H3,(H,20,22)/b19-10-. The number of nitrogens with zero attached hydrogens (tertiary/aromatic N) is 2. The topological polar surface area (TPSA) is 78.8 Å². The lowest BCUT2D eigenvalue weighted by molar-refractivity contribution is -0.119. The summed E-state index contributed by atoms with van der Waals surface area (Å²) in [4.78, 5) is 12.0. The van der Waals surface area contributed by atoms with Crippen LogP contribution in [0.5, 0.6) is 0 Å². The molecule has 0 bridgehead atoms. The molecule has 2 aromatic rings. The van der Waals surface area contributed by atoms with E-state index in [-0.39, 0.29) is 11.5 Å². The molecular formula is C16H15ClFN3O3S. The minimum Gasteiger partial charge on any atom is -0.271 e. The number of carbonyl (C=O) groups excluding carboxylic acids is 1. The number of hydrogen-bond acceptors (Lipinski definition) is 4. The second kappa shape index (κ2) is 8.09. The van der Waals surface area contributed by atoms with Gasteiger partial charge in [-0.2, -0.15) is 5.10 Å². The Labute approximate surface area is 150 Å². The number of rotatable bonds is 6. The van der Waals surface area contributed by atoms with Gasteiger partial charge in [0.05, 0.1) is 18.2 Å². The first-order chi connectivity index (χ1) is 11.8. The molecule has 132 valence electrons. The molecule has 2 rings (SSSR count). The van der Waals surface area contributed by atoms with Crippen molar-refractivity contribution in [3.05, 3.63) is 64.9 Å². The lowest BCUT2D eigenvalue weighted by Crippen LogP contribution is -2.39. The van der Waals surface area contributed by atoms with Gasteiger partial charge in [0, 0.05) is 5.02 Å². The Morgan fingerprint density at radius 3 is 2.56 bits per heavy atom. The molecule has 0 heterocycles. The quantitative estimate of drug-likeness (QED) is 0.614. The van der Waals surface area contributed by atoms with Crippen molar-refractivity contribution >= 4 is 39.4 Å². The number of amides is 1. The lowest BCUT2D eigenvalue weighted by Gasteiger charge is -2.21. The van der Waals surface area contributed by atoms with Gasteiger partial charge in [-0.3, -0.25) is 9.10 Å². The third-order valence-electron chi connectivity index (χ3n) is 3.06. The second-order valence-electron chi connectivity index (χ2n) is 5.09. The Hall–Kier alpha value is -2.45. The van der Waals surface area contributed by atoms with E-state index in [0.717, 1.165) is 10.6 Å². The van der Waals surface area contributed by atoms with Gasteiger partial charge < -0.3 is 0 Å². The molecule has 0 saturated carbocycles. The monoisotopic (exact) mass is 383 g/mol. The maximum absolute atomic E-state index is 12.8. The molecule has 0 aliphatic heterocycles. The first kappa shape index (κ1) is 18.9. The average Bonchev–Trinajstić information content (AvgIpc) is 2.53. The molecule has 0 unspecified atom stereocenters. The maximum Gasteiger partial charge on any atom is 0.260 e. The minimum absolute atomic E-state index is 0.271. The van der Waals surface area contributed by atoms with Crippen LogP contribution in [0.15, 0.2) is 53.6 Å². The number of hydrogen-bond donors (Lipinski definition) is 1. The van der Waals surface area contributed by atoms with Gasteiger partial charge in [0.15, 0.2) is 0 Å². The molecule has 25 heavy (non-hydrogen) atoms. The molecule has 0 radical (unpaired) electrons. The number of hydrazone groups is 1. The summed E-state index contributed by atoms with van der Waals surface area (Å²) in [7, 11) is -3.69. The van der Waals surface area contributed by atoms with Crippen molar-refractivity contribution < 1.29 is 17.6 Å². The highest BCUT2D eigenvalue weighted by Crippen LogP contribution is 2.21. The largest absolute Gasteiger partial charge is 0.271 e. The van der Waals surface area contributed by atoms with Crippen LogP contribution in [0.1, 0.15) is 5.56 Å². The fraction of sp³-hybridized carbons (Fsp3) is 0.125. The van der Waals surface area contributed by atoms with E-state index in [1.807, 2.05) is 0 Å². The Bertz CT molecular complexity index is 886. The first-order valence-corrected chi connectivity index (χ1v) is 9.29. The van der Waals surface area contributed by atoms with Gasteiger partial charge in [0.25, 0.3) is 5.91 Å². The van der Waals surface area contributed by atoms with Gasteiger partial charge in [-0.05, 0) is 35.9 Å². The van der Waals surface area contributed by atoms with Gasteiger partial charge in [-0.15, -0.1) is 0 Å². The summed E-state index contributed by atoms with van der Waals surface area (Å²) in [5, 5.41) is 4.07. The van der Waals surface area contributed by atoms with Crippen molar-refractivity contribution in [1.29, 1.82) is 0 Å². The number of benzene rings is 2. The van der Waals surface area contributed by atoms with Gasteiger partial charge in [-0.25, -0.2) is 18.2 Å². The van der Waals surface area contributed by atoms with E-state index >= 15 is 0 Å². The molecule has 0 fully saturated rings. The third kappa shape index (κ3) is 5.84. The van der Waals surface area contributed by atoms with Gasteiger partial charge >= 0.3 is 0 Å². The molecule has 1 amide bonds. The zero-order chi connectivity index (χ0) is 18.4. The predicted octanol–water partition coefficient (Wildman–Crippen LogP) is 2.40. The van der Waals surface area contributed by atoms with Crippen LogP contribution in [-0.2, 0) is 14.8 Å². The third-order valence-corrected chi connectivity index (χ3v) is 4.43.